The van der Waals surface area contributed by atoms with E-state index in [-0.39, 0.29) is 22.9 Å². The molecule has 31 heavy (non-hydrogen) atoms. The number of thiocarbonyl (C=S) groups is 1. The highest BCUT2D eigenvalue weighted by Crippen LogP contribution is 2.40. The molecule has 0 aliphatic carbocycles. The molecule has 1 aliphatic heterocycles. The van der Waals surface area contributed by atoms with Gasteiger partial charge in [0.1, 0.15) is 11.4 Å². The van der Waals surface area contributed by atoms with Crippen molar-refractivity contribution in [2.24, 2.45) is 0 Å². The van der Waals surface area contributed by atoms with Crippen LogP contribution >= 0.6 is 12.2 Å². The van der Waals surface area contributed by atoms with Crippen LogP contribution in [0.1, 0.15) is 29.7 Å². The molecule has 0 saturated heterocycles. The number of aromatic nitrogens is 2. The van der Waals surface area contributed by atoms with Crippen LogP contribution in [0.5, 0.6) is 0 Å². The number of nitrogens with one attached hydrogen (secondary N) is 4. The maximum absolute atomic E-state index is 13.3. The Labute approximate surface area is 181 Å². The fourth-order valence-electron chi connectivity index (χ4n) is 3.58. The predicted octanol–water partition coefficient (Wildman–Crippen LogP) is 3.98. The Kier molecular flexibility index (Phi) is 5.44. The number of carbonyl (C=O) groups excluding carboxylic acids is 1. The molecular formula is C20H19F3N6OS. The van der Waals surface area contributed by atoms with E-state index in [0.29, 0.717) is 0 Å². The van der Waals surface area contributed by atoms with E-state index < -0.39 is 24.2 Å². The van der Waals surface area contributed by atoms with E-state index in [0.717, 1.165) is 27.3 Å². The van der Waals surface area contributed by atoms with Crippen LogP contribution in [0.2, 0.25) is 0 Å². The minimum absolute atomic E-state index is 0.0127. The molecule has 4 N–H and O–H groups in total. The van der Waals surface area contributed by atoms with Crippen LogP contribution in [0.15, 0.2) is 48.7 Å². The van der Waals surface area contributed by atoms with Gasteiger partial charge in [-0.3, -0.25) is 15.6 Å². The topological polar surface area (TPSA) is 83.0 Å². The zero-order chi connectivity index (χ0) is 22.2. The van der Waals surface area contributed by atoms with Crippen LogP contribution in [-0.4, -0.2) is 33.0 Å². The fourth-order valence-corrected chi connectivity index (χ4v) is 3.74. The molecule has 2 aromatic carbocycles. The van der Waals surface area contributed by atoms with E-state index in [1.807, 2.05) is 42.5 Å². The van der Waals surface area contributed by atoms with Crippen molar-refractivity contribution < 1.29 is 18.0 Å². The van der Waals surface area contributed by atoms with Gasteiger partial charge in [0.25, 0.3) is 5.91 Å². The van der Waals surface area contributed by atoms with Crippen molar-refractivity contribution in [3.63, 3.8) is 0 Å². The number of rotatable bonds is 2. The molecule has 0 saturated carbocycles. The van der Waals surface area contributed by atoms with Gasteiger partial charge < -0.3 is 10.6 Å². The normalized spacial score (nSPS) is 18.1. The molecule has 0 spiro atoms. The second-order valence-corrected chi connectivity index (χ2v) is 7.66. The van der Waals surface area contributed by atoms with Crippen molar-refractivity contribution in [1.82, 2.24) is 20.6 Å². The monoisotopic (exact) mass is 448 g/mol. The van der Waals surface area contributed by atoms with Gasteiger partial charge in [0.05, 0.1) is 6.20 Å². The van der Waals surface area contributed by atoms with E-state index in [1.165, 1.54) is 0 Å². The average Bonchev–Trinajstić information content (AvgIpc) is 3.14. The third kappa shape index (κ3) is 4.26. The number of amides is 1. The number of carbonyl (C=O) groups is 1. The molecule has 0 bridgehead atoms. The third-order valence-electron chi connectivity index (χ3n) is 5.00. The molecule has 1 aliphatic rings. The Balaban J connectivity index is 1.45. The lowest BCUT2D eigenvalue weighted by molar-refractivity contribution is -0.173. The molecule has 1 aromatic heterocycles. The zero-order valence-corrected chi connectivity index (χ0v) is 17.1. The predicted molar refractivity (Wildman–Crippen MR) is 116 cm³/mol. The number of hydrogen-bond donors (Lipinski definition) is 4. The van der Waals surface area contributed by atoms with Crippen LogP contribution < -0.4 is 21.5 Å². The van der Waals surface area contributed by atoms with Gasteiger partial charge >= 0.3 is 6.18 Å². The van der Waals surface area contributed by atoms with Crippen molar-refractivity contribution in [2.45, 2.75) is 31.6 Å². The summed E-state index contributed by atoms with van der Waals surface area (Å²) in [5.74, 6) is -0.640. The number of benzene rings is 2. The van der Waals surface area contributed by atoms with Crippen LogP contribution in [-0.2, 0) is 0 Å². The molecule has 0 unspecified atom stereocenters. The van der Waals surface area contributed by atoms with Gasteiger partial charge in [-0.05, 0) is 37.0 Å². The maximum Gasteiger partial charge on any atom is 0.410 e. The Hall–Kier alpha value is -3.34. The van der Waals surface area contributed by atoms with Gasteiger partial charge in [-0.2, -0.15) is 18.3 Å². The minimum Gasteiger partial charge on any atom is -0.367 e. The summed E-state index contributed by atoms with van der Waals surface area (Å²) in [6, 6.07) is 11.1. The van der Waals surface area contributed by atoms with Crippen LogP contribution in [0.4, 0.5) is 24.7 Å². The Morgan fingerprint density at radius 3 is 2.71 bits per heavy atom. The fraction of sp³-hybridized carbons (Fsp3) is 0.250. The summed E-state index contributed by atoms with van der Waals surface area (Å²) in [5.41, 5.74) is 5.72. The highest BCUT2D eigenvalue weighted by molar-refractivity contribution is 7.80. The lowest BCUT2D eigenvalue weighted by Gasteiger charge is -2.31. The van der Waals surface area contributed by atoms with Crippen LogP contribution in [0, 0.1) is 0 Å². The number of nitrogens with zero attached hydrogens (tertiary/aromatic N) is 2. The third-order valence-corrected chi connectivity index (χ3v) is 5.20. The number of hydrazine groups is 1. The van der Waals surface area contributed by atoms with Gasteiger partial charge in [0.15, 0.2) is 11.2 Å². The zero-order valence-electron chi connectivity index (χ0n) is 16.3. The Morgan fingerprint density at radius 2 is 1.94 bits per heavy atom. The second kappa shape index (κ2) is 8.06. The standard InChI is InChI=1S/C20H19F3N6OS/c1-11-9-16(20(21,22)23)29-17(25-11)14(10-24-29)18(30)27-28-19(31)26-15-8-4-6-12-5-2-3-7-13(12)15/h2-8,10-11,16,25H,9H2,1H3,(H,27,30)(H2,26,28,31)/t11-,16+/m1/s1. The summed E-state index contributed by atoms with van der Waals surface area (Å²) in [6.07, 6.45) is -3.53. The molecule has 2 atom stereocenters. The highest BCUT2D eigenvalue weighted by Gasteiger charge is 2.46. The summed E-state index contributed by atoms with van der Waals surface area (Å²) >= 11 is 5.23. The SMILES string of the molecule is C[C@@H]1C[C@@H](C(F)(F)F)n2ncc(C(=O)NNC(=S)Nc3cccc4ccccc34)c2N1. The molecule has 11 heteroatoms. The van der Waals surface area contributed by atoms with Gasteiger partial charge in [-0.1, -0.05) is 36.4 Å². The van der Waals surface area contributed by atoms with Crippen LogP contribution in [0.3, 0.4) is 0 Å². The van der Waals surface area contributed by atoms with E-state index in [9.17, 15) is 18.0 Å². The molecule has 2 heterocycles. The number of halogens is 3. The summed E-state index contributed by atoms with van der Waals surface area (Å²) in [5, 5.41) is 11.8. The number of hydrogen-bond acceptors (Lipinski definition) is 4. The second-order valence-electron chi connectivity index (χ2n) is 7.25. The largest absolute Gasteiger partial charge is 0.410 e. The smallest absolute Gasteiger partial charge is 0.367 e. The van der Waals surface area contributed by atoms with E-state index >= 15 is 0 Å². The first-order valence-electron chi connectivity index (χ1n) is 9.50. The number of fused-ring (bicyclic) bond motifs is 2. The number of anilines is 2. The van der Waals surface area contributed by atoms with Crippen molar-refractivity contribution in [3.8, 4) is 0 Å². The van der Waals surface area contributed by atoms with Crippen molar-refractivity contribution >= 4 is 45.5 Å². The van der Waals surface area contributed by atoms with Gasteiger partial charge in [0.2, 0.25) is 0 Å². The lowest BCUT2D eigenvalue weighted by atomic mass is 10.1. The molecule has 3 aromatic rings. The first-order valence-corrected chi connectivity index (χ1v) is 9.90. The van der Waals surface area contributed by atoms with Gasteiger partial charge in [-0.25, -0.2) is 4.68 Å². The maximum atomic E-state index is 13.3. The van der Waals surface area contributed by atoms with Gasteiger partial charge in [-0.15, -0.1) is 0 Å². The Bertz CT molecular complexity index is 1140. The molecule has 1 amide bonds. The molecule has 0 fully saturated rings. The van der Waals surface area contributed by atoms with Crippen molar-refractivity contribution in [3.05, 3.63) is 54.2 Å². The first kappa shape index (κ1) is 20.9. The first-order chi connectivity index (χ1) is 14.7. The summed E-state index contributed by atoms with van der Waals surface area (Å²) in [6.45, 7) is 1.62. The quantitative estimate of drug-likeness (QED) is 0.351. The average molecular weight is 448 g/mol. The molecule has 4 rings (SSSR count). The van der Waals surface area contributed by atoms with E-state index in [4.69, 9.17) is 12.2 Å². The van der Waals surface area contributed by atoms with E-state index in [1.54, 1.807) is 6.92 Å². The summed E-state index contributed by atoms with van der Waals surface area (Å²) in [4.78, 5) is 12.6. The van der Waals surface area contributed by atoms with E-state index in [2.05, 4.69) is 26.6 Å². The number of alkyl halides is 3. The molecule has 162 valence electrons. The molecular weight excluding hydrogens is 429 g/mol. The minimum atomic E-state index is -4.47. The highest BCUT2D eigenvalue weighted by atomic mass is 32.1. The van der Waals surface area contributed by atoms with Crippen molar-refractivity contribution in [1.29, 1.82) is 0 Å². The summed E-state index contributed by atoms with van der Waals surface area (Å²) in [7, 11) is 0. The van der Waals surface area contributed by atoms with Gasteiger partial charge in [0, 0.05) is 17.1 Å². The van der Waals surface area contributed by atoms with Crippen molar-refractivity contribution in [2.75, 3.05) is 10.6 Å². The molecule has 0 radical (unpaired) electrons. The summed E-state index contributed by atoms with van der Waals surface area (Å²) < 4.78 is 40.9. The lowest BCUT2D eigenvalue weighted by Crippen LogP contribution is -2.44. The molecule has 7 nitrogen and oxygen atoms in total. The van der Waals surface area contributed by atoms with Crippen LogP contribution in [0.25, 0.3) is 10.8 Å². The Morgan fingerprint density at radius 1 is 1.19 bits per heavy atom.